The molecular weight excluding hydrogens is 680 g/mol. The number of methoxy groups -OCH3 is 1. The second-order valence-corrected chi connectivity index (χ2v) is 13.2. The second kappa shape index (κ2) is 15.5. The van der Waals surface area contributed by atoms with Crippen molar-refractivity contribution in [3.63, 3.8) is 0 Å². The third-order valence-electron chi connectivity index (χ3n) is 7.32. The van der Waals surface area contributed by atoms with Gasteiger partial charge in [0.15, 0.2) is 11.0 Å². The molecule has 7 aromatic rings. The third kappa shape index (κ3) is 8.04. The number of hydrogen-bond acceptors (Lipinski definition) is 13. The number of aliphatic imine (C=N–C) groups is 1. The van der Waals surface area contributed by atoms with Crippen molar-refractivity contribution in [1.29, 1.82) is 0 Å². The van der Waals surface area contributed by atoms with Gasteiger partial charge in [-0.05, 0) is 34.4 Å². The number of ether oxygens (including phenoxy) is 3. The molecule has 0 bridgehead atoms. The lowest BCUT2D eigenvalue weighted by molar-refractivity contribution is 0.107. The van der Waals surface area contributed by atoms with Crippen LogP contribution in [0.1, 0.15) is 32.3 Å². The molecule has 246 valence electrons. The summed E-state index contributed by atoms with van der Waals surface area (Å²) in [7, 11) is 1.66. The first-order valence-electron chi connectivity index (χ1n) is 15.2. The van der Waals surface area contributed by atoms with Gasteiger partial charge in [0.25, 0.3) is 0 Å². The number of nitrogens with zero attached hydrogens (tertiary/aromatic N) is 7. The van der Waals surface area contributed by atoms with Gasteiger partial charge in [0.1, 0.15) is 49.1 Å². The Kier molecular flexibility index (Phi) is 10.3. The van der Waals surface area contributed by atoms with Crippen LogP contribution in [0, 0.1) is 0 Å². The molecule has 0 spiro atoms. The minimum absolute atomic E-state index is 0.385. The van der Waals surface area contributed by atoms with E-state index in [2.05, 4.69) is 35.2 Å². The van der Waals surface area contributed by atoms with Crippen LogP contribution in [-0.4, -0.2) is 43.2 Å². The fourth-order valence-corrected chi connectivity index (χ4v) is 6.89. The van der Waals surface area contributed by atoms with Crippen LogP contribution in [0.3, 0.4) is 0 Å². The molecular formula is C35H29ClN8O3S2. The monoisotopic (exact) mass is 708 g/mol. The summed E-state index contributed by atoms with van der Waals surface area (Å²) in [6.45, 7) is 2.67. The highest BCUT2D eigenvalue weighted by Crippen LogP contribution is 2.34. The molecule has 49 heavy (non-hydrogen) atoms. The Morgan fingerprint density at radius 2 is 1.35 bits per heavy atom. The fourth-order valence-electron chi connectivity index (χ4n) is 4.98. The van der Waals surface area contributed by atoms with Gasteiger partial charge < -0.3 is 19.5 Å². The first-order valence-corrected chi connectivity index (χ1v) is 17.2. The topological polar surface area (TPSA) is 129 Å². The van der Waals surface area contributed by atoms with E-state index in [-0.39, 0.29) is 0 Å². The second-order valence-electron chi connectivity index (χ2n) is 10.7. The Morgan fingerprint density at radius 1 is 0.735 bits per heavy atom. The number of aromatic nitrogens is 6. The molecule has 4 aromatic heterocycles. The largest absolute Gasteiger partial charge is 0.495 e. The minimum Gasteiger partial charge on any atom is -0.495 e. The highest BCUT2D eigenvalue weighted by molar-refractivity contribution is 7.18. The Labute approximate surface area is 294 Å². The number of rotatable bonds is 11. The molecule has 8 rings (SSSR count). The Hall–Kier alpha value is -4.92. The average Bonchev–Trinajstić information content (AvgIpc) is 3.88. The van der Waals surface area contributed by atoms with Crippen LogP contribution in [-0.2, 0) is 42.4 Å². The van der Waals surface area contributed by atoms with Gasteiger partial charge in [0.05, 0.1) is 45.8 Å². The van der Waals surface area contributed by atoms with E-state index in [4.69, 9.17) is 30.8 Å². The van der Waals surface area contributed by atoms with E-state index < -0.39 is 0 Å². The smallest absolute Gasteiger partial charge is 0.161 e. The van der Waals surface area contributed by atoms with Gasteiger partial charge in [-0.2, -0.15) is 0 Å². The number of halogens is 1. The van der Waals surface area contributed by atoms with Crippen molar-refractivity contribution >= 4 is 72.7 Å². The molecule has 0 amide bonds. The molecule has 14 heteroatoms. The summed E-state index contributed by atoms with van der Waals surface area (Å²) in [4.78, 5) is 31.8. The molecule has 5 heterocycles. The lowest BCUT2D eigenvalue weighted by Gasteiger charge is -2.12. The molecule has 0 fully saturated rings. The Morgan fingerprint density at radius 3 is 1.98 bits per heavy atom. The third-order valence-corrected chi connectivity index (χ3v) is 9.47. The summed E-state index contributed by atoms with van der Waals surface area (Å²) >= 11 is 8.94. The van der Waals surface area contributed by atoms with Crippen molar-refractivity contribution in [3.05, 3.63) is 123 Å². The van der Waals surface area contributed by atoms with E-state index in [0.717, 1.165) is 58.9 Å². The van der Waals surface area contributed by atoms with Crippen molar-refractivity contribution in [3.8, 4) is 5.75 Å². The van der Waals surface area contributed by atoms with E-state index in [9.17, 15) is 0 Å². The number of benzene rings is 3. The standard InChI is InChI=1S/C22H19N5O2S.C13H10ClN3OS/c1-28-18-8-16-10-23-9-15(16)7-17(18)26-21-20-22(25-13-24-21)30-19(27-20)12-29-11-14-5-3-2-4-6-14;14-12-11-13(16-8-15-12)19-10(17-11)7-18-6-9-4-2-1-3-5-9/h2-9,13H,10-12H2,1H3,(H,24,25,26);1-5,8H,6-7H2. The summed E-state index contributed by atoms with van der Waals surface area (Å²) < 4.78 is 17.0. The van der Waals surface area contributed by atoms with E-state index in [1.165, 1.54) is 29.0 Å². The molecule has 0 aliphatic carbocycles. The van der Waals surface area contributed by atoms with Crippen LogP contribution in [0.25, 0.3) is 20.7 Å². The van der Waals surface area contributed by atoms with Crippen molar-refractivity contribution in [2.75, 3.05) is 12.4 Å². The fraction of sp³-hybridized carbons (Fsp3) is 0.171. The number of thiazole rings is 2. The summed E-state index contributed by atoms with van der Waals surface area (Å²) in [6.07, 6.45) is 4.86. The van der Waals surface area contributed by atoms with Crippen LogP contribution >= 0.6 is 34.3 Å². The van der Waals surface area contributed by atoms with Gasteiger partial charge in [0.2, 0.25) is 0 Å². The number of hydrogen-bond donors (Lipinski definition) is 1. The van der Waals surface area contributed by atoms with Crippen LogP contribution in [0.5, 0.6) is 5.75 Å². The first-order chi connectivity index (χ1) is 24.1. The average molecular weight is 709 g/mol. The van der Waals surface area contributed by atoms with E-state index >= 15 is 0 Å². The predicted molar refractivity (Wildman–Crippen MR) is 193 cm³/mol. The normalized spacial score (nSPS) is 11.8. The first kappa shape index (κ1) is 32.6. The number of fused-ring (bicyclic) bond motifs is 3. The molecule has 0 radical (unpaired) electrons. The SMILES string of the molecule is COc1cc2c(cc1Nc1ncnc3sc(COCc4ccccc4)nc13)C=NC2.Clc1ncnc2sc(COCc3ccccc3)nc12. The van der Waals surface area contributed by atoms with Crippen LogP contribution in [0.15, 0.2) is 90.4 Å². The highest BCUT2D eigenvalue weighted by Gasteiger charge is 2.16. The maximum atomic E-state index is 5.95. The van der Waals surface area contributed by atoms with E-state index in [1.54, 1.807) is 13.4 Å². The van der Waals surface area contributed by atoms with Crippen LogP contribution in [0.4, 0.5) is 11.5 Å². The zero-order chi connectivity index (χ0) is 33.4. The lowest BCUT2D eigenvalue weighted by Crippen LogP contribution is -2.00. The quantitative estimate of drug-likeness (QED) is 0.132. The summed E-state index contributed by atoms with van der Waals surface area (Å²) in [5.41, 5.74) is 6.69. The van der Waals surface area contributed by atoms with E-state index in [0.29, 0.717) is 49.5 Å². The summed E-state index contributed by atoms with van der Waals surface area (Å²) in [5.74, 6) is 1.38. The van der Waals surface area contributed by atoms with Crippen LogP contribution in [0.2, 0.25) is 5.15 Å². The molecule has 0 unspecified atom stereocenters. The minimum atomic E-state index is 0.385. The molecule has 11 nitrogen and oxygen atoms in total. The zero-order valence-electron chi connectivity index (χ0n) is 26.2. The molecule has 0 atom stereocenters. The summed E-state index contributed by atoms with van der Waals surface area (Å²) in [6, 6.07) is 24.1. The van der Waals surface area contributed by atoms with Crippen molar-refractivity contribution < 1.29 is 14.2 Å². The molecule has 0 saturated heterocycles. The van der Waals surface area contributed by atoms with Gasteiger partial charge >= 0.3 is 0 Å². The molecule has 3 aromatic carbocycles. The Bertz CT molecular complexity index is 2210. The zero-order valence-corrected chi connectivity index (χ0v) is 28.6. The van der Waals surface area contributed by atoms with Crippen molar-refractivity contribution in [2.24, 2.45) is 4.99 Å². The van der Waals surface area contributed by atoms with Gasteiger partial charge in [-0.25, -0.2) is 29.9 Å². The molecule has 0 saturated carbocycles. The Balaban J connectivity index is 0.000000171. The maximum Gasteiger partial charge on any atom is 0.161 e. The molecule has 1 aliphatic rings. The van der Waals surface area contributed by atoms with Crippen molar-refractivity contribution in [2.45, 2.75) is 33.0 Å². The molecule has 1 N–H and O–H groups in total. The predicted octanol–water partition coefficient (Wildman–Crippen LogP) is 7.94. The summed E-state index contributed by atoms with van der Waals surface area (Å²) in [5, 5.41) is 5.46. The van der Waals surface area contributed by atoms with Gasteiger partial charge in [-0.15, -0.1) is 0 Å². The van der Waals surface area contributed by atoms with Crippen LogP contribution < -0.4 is 10.1 Å². The maximum absolute atomic E-state index is 5.95. The number of anilines is 2. The van der Waals surface area contributed by atoms with Gasteiger partial charge in [-0.1, -0.05) is 94.9 Å². The highest BCUT2D eigenvalue weighted by atomic mass is 35.5. The van der Waals surface area contributed by atoms with Crippen molar-refractivity contribution in [1.82, 2.24) is 29.9 Å². The van der Waals surface area contributed by atoms with E-state index in [1.807, 2.05) is 79.0 Å². The lowest BCUT2D eigenvalue weighted by atomic mass is 10.1. The van der Waals surface area contributed by atoms with Gasteiger partial charge in [0, 0.05) is 6.21 Å². The van der Waals surface area contributed by atoms with Gasteiger partial charge in [-0.3, -0.25) is 4.99 Å². The molecule has 1 aliphatic heterocycles. The number of nitrogens with one attached hydrogen (secondary N) is 1.